The van der Waals surface area contributed by atoms with Gasteiger partial charge in [0.05, 0.1) is 40.2 Å². The summed E-state index contributed by atoms with van der Waals surface area (Å²) in [7, 11) is 0. The number of benzene rings is 1. The van der Waals surface area contributed by atoms with E-state index in [9.17, 15) is 4.39 Å². The normalized spacial score (nSPS) is 22.4. The lowest BCUT2D eigenvalue weighted by atomic mass is 10.1. The van der Waals surface area contributed by atoms with Crippen molar-refractivity contribution in [3.8, 4) is 28.5 Å². The summed E-state index contributed by atoms with van der Waals surface area (Å²) in [6, 6.07) is 14.7. The smallest absolute Gasteiger partial charge is 0.296 e. The van der Waals surface area contributed by atoms with E-state index >= 15 is 0 Å². The van der Waals surface area contributed by atoms with Gasteiger partial charge in [-0.1, -0.05) is 41.9 Å². The predicted molar refractivity (Wildman–Crippen MR) is 116 cm³/mol. The third-order valence-electron chi connectivity index (χ3n) is 5.76. The maximum Gasteiger partial charge on any atom is 0.296 e. The van der Waals surface area contributed by atoms with E-state index in [1.165, 1.54) is 0 Å². The fourth-order valence-corrected chi connectivity index (χ4v) is 4.45. The Bertz CT molecular complexity index is 1300. The first-order valence-electron chi connectivity index (χ1n) is 10.3. The van der Waals surface area contributed by atoms with Crippen LogP contribution in [0, 0.1) is 5.95 Å². The van der Waals surface area contributed by atoms with Crippen molar-refractivity contribution in [2.24, 2.45) is 0 Å². The molecule has 4 aromatic rings. The van der Waals surface area contributed by atoms with Gasteiger partial charge in [-0.2, -0.15) is 9.37 Å². The summed E-state index contributed by atoms with van der Waals surface area (Å²) >= 11 is 6.43. The molecule has 1 aromatic carbocycles. The van der Waals surface area contributed by atoms with E-state index in [-0.39, 0.29) is 34.6 Å². The molecule has 3 atom stereocenters. The van der Waals surface area contributed by atoms with Crippen molar-refractivity contribution in [3.63, 3.8) is 0 Å². The average molecular weight is 453 g/mol. The Hall–Kier alpha value is -3.07. The molecule has 7 nitrogen and oxygen atoms in total. The lowest BCUT2D eigenvalue weighted by Gasteiger charge is -2.15. The second-order valence-electron chi connectivity index (χ2n) is 7.78. The van der Waals surface area contributed by atoms with E-state index in [0.717, 1.165) is 12.0 Å². The van der Waals surface area contributed by atoms with Crippen molar-refractivity contribution in [1.82, 2.24) is 19.9 Å². The lowest BCUT2D eigenvalue weighted by molar-refractivity contribution is 0.0273. The van der Waals surface area contributed by atoms with Gasteiger partial charge in [0.25, 0.3) is 6.01 Å². The average Bonchev–Trinajstić information content (AvgIpc) is 3.51. The number of hydrogen-bond acceptors (Lipinski definition) is 6. The highest BCUT2D eigenvalue weighted by Gasteiger charge is 2.43. The minimum Gasteiger partial charge on any atom is -0.456 e. The fourth-order valence-electron chi connectivity index (χ4n) is 4.20. The molecule has 0 radical (unpaired) electrons. The summed E-state index contributed by atoms with van der Waals surface area (Å²) in [5.41, 5.74) is 2.79. The number of pyridine rings is 2. The van der Waals surface area contributed by atoms with Crippen LogP contribution in [0.5, 0.6) is 6.01 Å². The molecule has 2 saturated heterocycles. The zero-order valence-electron chi connectivity index (χ0n) is 16.8. The van der Waals surface area contributed by atoms with Gasteiger partial charge in [0.15, 0.2) is 11.8 Å². The number of nitrogens with one attached hydrogen (secondary N) is 1. The molecule has 0 aliphatic carbocycles. The van der Waals surface area contributed by atoms with Crippen LogP contribution in [0.3, 0.4) is 0 Å². The van der Waals surface area contributed by atoms with Crippen LogP contribution < -0.4 is 4.74 Å². The van der Waals surface area contributed by atoms with Crippen LogP contribution in [0.1, 0.15) is 6.42 Å². The Morgan fingerprint density at radius 3 is 2.78 bits per heavy atom. The molecule has 0 spiro atoms. The summed E-state index contributed by atoms with van der Waals surface area (Å²) < 4.78 is 32.3. The molecule has 32 heavy (non-hydrogen) atoms. The maximum absolute atomic E-state index is 14.9. The molecule has 5 heterocycles. The molecule has 0 saturated carbocycles. The number of rotatable bonds is 4. The Balaban J connectivity index is 1.31. The molecule has 1 N–H and O–H groups in total. The highest BCUT2D eigenvalue weighted by Crippen LogP contribution is 2.33. The van der Waals surface area contributed by atoms with Crippen LogP contribution in [-0.4, -0.2) is 51.5 Å². The maximum atomic E-state index is 14.9. The van der Waals surface area contributed by atoms with Crippen molar-refractivity contribution in [3.05, 3.63) is 59.5 Å². The van der Waals surface area contributed by atoms with Gasteiger partial charge in [-0.25, -0.2) is 9.97 Å². The minimum absolute atomic E-state index is 0.0675. The largest absolute Gasteiger partial charge is 0.456 e. The Labute approximate surface area is 187 Å². The molecule has 0 amide bonds. The first-order valence-corrected chi connectivity index (χ1v) is 10.7. The van der Waals surface area contributed by atoms with Gasteiger partial charge in [-0.05, 0) is 24.6 Å². The summed E-state index contributed by atoms with van der Waals surface area (Å²) in [5, 5.41) is 0.282. The van der Waals surface area contributed by atoms with Crippen molar-refractivity contribution >= 4 is 22.8 Å². The van der Waals surface area contributed by atoms with Gasteiger partial charge in [0.2, 0.25) is 5.95 Å². The Kier molecular flexibility index (Phi) is 4.78. The van der Waals surface area contributed by atoms with Crippen molar-refractivity contribution in [1.29, 1.82) is 0 Å². The predicted octanol–water partition coefficient (Wildman–Crippen LogP) is 4.41. The third kappa shape index (κ3) is 3.40. The van der Waals surface area contributed by atoms with Gasteiger partial charge >= 0.3 is 0 Å². The number of ether oxygens (including phenoxy) is 3. The van der Waals surface area contributed by atoms with E-state index in [4.69, 9.17) is 25.8 Å². The molecule has 2 aliphatic heterocycles. The van der Waals surface area contributed by atoms with Gasteiger partial charge in [0, 0.05) is 12.2 Å². The molecule has 9 heteroatoms. The first kappa shape index (κ1) is 19.6. The number of H-pyrrole nitrogens is 1. The summed E-state index contributed by atoms with van der Waals surface area (Å²) in [6.45, 7) is 1.11. The Morgan fingerprint density at radius 1 is 1.06 bits per heavy atom. The molecular formula is C23H18ClFN4O3. The summed E-state index contributed by atoms with van der Waals surface area (Å²) in [5.74, 6) is -0.653. The topological polar surface area (TPSA) is 82.2 Å². The number of aromatic nitrogens is 4. The molecule has 2 aliphatic rings. The molecule has 2 fully saturated rings. The van der Waals surface area contributed by atoms with Crippen molar-refractivity contribution in [2.75, 3.05) is 13.2 Å². The summed E-state index contributed by atoms with van der Waals surface area (Å²) in [6.07, 6.45) is 0.593. The molecule has 3 aromatic heterocycles. The van der Waals surface area contributed by atoms with E-state index in [1.54, 1.807) is 18.2 Å². The van der Waals surface area contributed by atoms with E-state index in [0.29, 0.717) is 36.1 Å². The van der Waals surface area contributed by atoms with Crippen LogP contribution in [-0.2, 0) is 9.47 Å². The van der Waals surface area contributed by atoms with Crippen LogP contribution in [0.25, 0.3) is 33.7 Å². The number of fused-ring (bicyclic) bond motifs is 2. The number of nitrogens with zero attached hydrogens (tertiary/aromatic N) is 3. The quantitative estimate of drug-likeness (QED) is 0.462. The second kappa shape index (κ2) is 7.81. The zero-order chi connectivity index (χ0) is 21.7. The highest BCUT2D eigenvalue weighted by molar-refractivity contribution is 6.33. The van der Waals surface area contributed by atoms with E-state index < -0.39 is 5.95 Å². The lowest BCUT2D eigenvalue weighted by Crippen LogP contribution is -2.32. The zero-order valence-corrected chi connectivity index (χ0v) is 17.6. The van der Waals surface area contributed by atoms with Crippen LogP contribution >= 0.6 is 11.6 Å². The van der Waals surface area contributed by atoms with E-state index in [2.05, 4.69) is 19.9 Å². The second-order valence-corrected chi connectivity index (χ2v) is 8.19. The minimum atomic E-state index is -0.653. The third-order valence-corrected chi connectivity index (χ3v) is 6.05. The van der Waals surface area contributed by atoms with Crippen LogP contribution in [0.2, 0.25) is 5.02 Å². The summed E-state index contributed by atoms with van der Waals surface area (Å²) in [4.78, 5) is 16.0. The van der Waals surface area contributed by atoms with Crippen molar-refractivity contribution < 1.29 is 18.6 Å². The Morgan fingerprint density at radius 2 is 1.94 bits per heavy atom. The molecule has 1 unspecified atom stereocenters. The molecule has 6 rings (SSSR count). The highest BCUT2D eigenvalue weighted by atomic mass is 35.5. The standard InChI is InChI=1S/C23H18ClFN4O3/c24-14-10-16-22(29-23(27-16)32-18-11-31-17-8-9-30-20(17)18)28-19(14)13-6-7-15(26-21(13)25)12-4-2-1-3-5-12/h1-7,10,17-18,20H,8-9,11H2,(H,27,28,29)/t17-,18?,20+/m1/s1. The van der Waals surface area contributed by atoms with Gasteiger partial charge in [-0.3, -0.25) is 0 Å². The van der Waals surface area contributed by atoms with Gasteiger partial charge < -0.3 is 19.2 Å². The molecule has 162 valence electrons. The van der Waals surface area contributed by atoms with Crippen LogP contribution in [0.4, 0.5) is 4.39 Å². The number of imidazole rings is 1. The van der Waals surface area contributed by atoms with Crippen molar-refractivity contribution in [2.45, 2.75) is 24.7 Å². The number of hydrogen-bond donors (Lipinski definition) is 1. The SMILES string of the molecule is Fc1nc(-c2ccccc2)ccc1-c1nc2nc(OC3CO[C@@H]4CCO[C@H]34)[nH]c2cc1Cl. The number of halogens is 2. The fraction of sp³-hybridized carbons (Fsp3) is 0.261. The first-order chi connectivity index (χ1) is 15.7. The molecule has 0 bridgehead atoms. The number of aromatic amines is 1. The van der Waals surface area contributed by atoms with Gasteiger partial charge in [-0.15, -0.1) is 0 Å². The molecular weight excluding hydrogens is 435 g/mol. The van der Waals surface area contributed by atoms with Gasteiger partial charge in [0.1, 0.15) is 6.10 Å². The monoisotopic (exact) mass is 452 g/mol. The van der Waals surface area contributed by atoms with Crippen LogP contribution in [0.15, 0.2) is 48.5 Å². The van der Waals surface area contributed by atoms with E-state index in [1.807, 2.05) is 30.3 Å².